The van der Waals surface area contributed by atoms with E-state index in [-0.39, 0.29) is 5.69 Å². The number of hydrogen-bond donors (Lipinski definition) is 1. The van der Waals surface area contributed by atoms with E-state index in [1.807, 2.05) is 11.9 Å². The molecule has 0 saturated heterocycles. The van der Waals surface area contributed by atoms with Gasteiger partial charge in [0.15, 0.2) is 5.69 Å². The third kappa shape index (κ3) is 1.95. The van der Waals surface area contributed by atoms with E-state index in [9.17, 15) is 4.79 Å². The normalized spacial score (nSPS) is 16.9. The Morgan fingerprint density at radius 3 is 2.80 bits per heavy atom. The molecule has 5 nitrogen and oxygen atoms in total. The van der Waals surface area contributed by atoms with Gasteiger partial charge in [0.25, 0.3) is 6.01 Å². The average Bonchev–Trinajstić information content (AvgIpc) is 2.88. The molecule has 1 aromatic rings. The number of carbonyl (C=O) groups is 1. The molecule has 0 amide bonds. The van der Waals surface area contributed by atoms with E-state index in [0.717, 1.165) is 12.8 Å². The van der Waals surface area contributed by atoms with Gasteiger partial charge in [0.2, 0.25) is 0 Å². The fraction of sp³-hybridized carbons (Fsp3) is 0.600. The first kappa shape index (κ1) is 10.0. The van der Waals surface area contributed by atoms with Crippen LogP contribution < -0.4 is 4.90 Å². The van der Waals surface area contributed by atoms with Crippen molar-refractivity contribution in [2.24, 2.45) is 0 Å². The lowest BCUT2D eigenvalue weighted by Gasteiger charge is -2.21. The Kier molecular flexibility index (Phi) is 2.62. The zero-order chi connectivity index (χ0) is 10.8. The first-order valence-corrected chi connectivity index (χ1v) is 5.10. The Hall–Kier alpha value is -1.52. The number of rotatable bonds is 3. The number of hydrogen-bond acceptors (Lipinski definition) is 4. The van der Waals surface area contributed by atoms with Crippen LogP contribution in [0.5, 0.6) is 0 Å². The molecule has 0 bridgehead atoms. The maximum Gasteiger partial charge on any atom is 0.357 e. The molecular weight excluding hydrogens is 196 g/mol. The summed E-state index contributed by atoms with van der Waals surface area (Å²) in [5.74, 6) is -1.05. The molecule has 1 aromatic heterocycles. The van der Waals surface area contributed by atoms with Gasteiger partial charge in [0, 0.05) is 13.1 Å². The molecule has 0 atom stereocenters. The Morgan fingerprint density at radius 2 is 2.27 bits per heavy atom. The molecule has 5 heteroatoms. The van der Waals surface area contributed by atoms with Gasteiger partial charge in [-0.15, -0.1) is 0 Å². The van der Waals surface area contributed by atoms with Crippen molar-refractivity contribution < 1.29 is 14.3 Å². The highest BCUT2D eigenvalue weighted by Gasteiger charge is 2.23. The predicted octanol–water partition coefficient (Wildman–Crippen LogP) is 1.75. The first-order valence-electron chi connectivity index (χ1n) is 5.10. The molecule has 2 rings (SSSR count). The van der Waals surface area contributed by atoms with Gasteiger partial charge in [0.05, 0.1) is 0 Å². The number of aromatic nitrogens is 1. The topological polar surface area (TPSA) is 66.6 Å². The minimum absolute atomic E-state index is 0.0325. The van der Waals surface area contributed by atoms with Crippen LogP contribution in [0.15, 0.2) is 10.7 Å². The summed E-state index contributed by atoms with van der Waals surface area (Å²) in [4.78, 5) is 16.5. The summed E-state index contributed by atoms with van der Waals surface area (Å²) in [5.41, 5.74) is -0.0325. The number of anilines is 1. The van der Waals surface area contributed by atoms with Crippen molar-refractivity contribution in [2.75, 3.05) is 11.9 Å². The summed E-state index contributed by atoms with van der Waals surface area (Å²) in [6, 6.07) is 0.838. The van der Waals surface area contributed by atoms with Gasteiger partial charge >= 0.3 is 5.97 Å². The van der Waals surface area contributed by atoms with Gasteiger partial charge in [0.1, 0.15) is 6.26 Å². The second-order valence-corrected chi connectivity index (χ2v) is 3.87. The molecule has 15 heavy (non-hydrogen) atoms. The maximum atomic E-state index is 10.6. The highest BCUT2D eigenvalue weighted by molar-refractivity contribution is 5.85. The quantitative estimate of drug-likeness (QED) is 0.823. The lowest BCUT2D eigenvalue weighted by Crippen LogP contribution is -2.29. The number of nitrogens with zero attached hydrogens (tertiary/aromatic N) is 2. The highest BCUT2D eigenvalue weighted by Crippen LogP contribution is 2.26. The molecule has 0 aromatic carbocycles. The molecule has 0 spiro atoms. The lowest BCUT2D eigenvalue weighted by atomic mass is 10.2. The van der Waals surface area contributed by atoms with Crippen LogP contribution in [0.3, 0.4) is 0 Å². The Labute approximate surface area is 87.7 Å². The highest BCUT2D eigenvalue weighted by atomic mass is 16.4. The molecule has 1 saturated carbocycles. The second-order valence-electron chi connectivity index (χ2n) is 3.87. The predicted molar refractivity (Wildman–Crippen MR) is 54.1 cm³/mol. The zero-order valence-electron chi connectivity index (χ0n) is 8.64. The minimum Gasteiger partial charge on any atom is -0.476 e. The van der Waals surface area contributed by atoms with E-state index in [0.29, 0.717) is 12.1 Å². The fourth-order valence-electron chi connectivity index (χ4n) is 1.97. The summed E-state index contributed by atoms with van der Waals surface area (Å²) in [6.45, 7) is 0. The summed E-state index contributed by atoms with van der Waals surface area (Å²) in [6.07, 6.45) is 5.88. The second kappa shape index (κ2) is 3.92. The lowest BCUT2D eigenvalue weighted by molar-refractivity contribution is 0.0690. The number of aromatic carboxylic acids is 1. The Bertz CT molecular complexity index is 355. The smallest absolute Gasteiger partial charge is 0.357 e. The van der Waals surface area contributed by atoms with Gasteiger partial charge < -0.3 is 14.4 Å². The van der Waals surface area contributed by atoms with Crippen LogP contribution in [0.2, 0.25) is 0 Å². The molecule has 1 aliphatic carbocycles. The van der Waals surface area contributed by atoms with Crippen LogP contribution in [-0.4, -0.2) is 29.1 Å². The largest absolute Gasteiger partial charge is 0.476 e. The zero-order valence-corrected chi connectivity index (χ0v) is 8.64. The van der Waals surface area contributed by atoms with Gasteiger partial charge in [-0.25, -0.2) is 4.79 Å². The van der Waals surface area contributed by atoms with Crippen molar-refractivity contribution in [1.29, 1.82) is 0 Å². The van der Waals surface area contributed by atoms with Crippen molar-refractivity contribution in [3.63, 3.8) is 0 Å². The summed E-state index contributed by atoms with van der Waals surface area (Å²) in [7, 11) is 1.90. The van der Waals surface area contributed by atoms with Crippen LogP contribution in [0, 0.1) is 0 Å². The number of carboxylic acids is 1. The van der Waals surface area contributed by atoms with Gasteiger partial charge in [-0.1, -0.05) is 12.8 Å². The van der Waals surface area contributed by atoms with Crippen LogP contribution in [0.4, 0.5) is 6.01 Å². The molecule has 0 aliphatic heterocycles. The molecule has 0 unspecified atom stereocenters. The monoisotopic (exact) mass is 210 g/mol. The summed E-state index contributed by atoms with van der Waals surface area (Å²) < 4.78 is 5.13. The van der Waals surface area contributed by atoms with E-state index in [1.165, 1.54) is 19.1 Å². The van der Waals surface area contributed by atoms with E-state index in [2.05, 4.69) is 4.98 Å². The Balaban J connectivity index is 2.10. The van der Waals surface area contributed by atoms with Crippen LogP contribution in [0.25, 0.3) is 0 Å². The van der Waals surface area contributed by atoms with Crippen LogP contribution in [-0.2, 0) is 0 Å². The third-order valence-electron chi connectivity index (χ3n) is 2.89. The van der Waals surface area contributed by atoms with Crippen molar-refractivity contribution in [2.45, 2.75) is 31.7 Å². The number of oxazole rings is 1. The first-order chi connectivity index (χ1) is 7.18. The van der Waals surface area contributed by atoms with Crippen molar-refractivity contribution in [3.8, 4) is 0 Å². The van der Waals surface area contributed by atoms with Gasteiger partial charge in [-0.05, 0) is 12.8 Å². The minimum atomic E-state index is -1.05. The maximum absolute atomic E-state index is 10.6. The SMILES string of the molecule is CN(c1nc(C(=O)O)co1)C1CCCC1. The molecule has 1 heterocycles. The summed E-state index contributed by atoms with van der Waals surface area (Å²) >= 11 is 0. The third-order valence-corrected chi connectivity index (χ3v) is 2.89. The van der Waals surface area contributed by atoms with Crippen LogP contribution in [0.1, 0.15) is 36.2 Å². The average molecular weight is 210 g/mol. The van der Waals surface area contributed by atoms with Crippen LogP contribution >= 0.6 is 0 Å². The van der Waals surface area contributed by atoms with Crippen molar-refractivity contribution >= 4 is 12.0 Å². The standard InChI is InChI=1S/C10H14N2O3/c1-12(7-4-2-3-5-7)10-11-8(6-15-10)9(13)14/h6-7H,2-5H2,1H3,(H,13,14). The molecular formula is C10H14N2O3. The number of carboxylic acid groups (broad SMARTS) is 1. The molecule has 1 fully saturated rings. The van der Waals surface area contributed by atoms with Gasteiger partial charge in [-0.3, -0.25) is 0 Å². The Morgan fingerprint density at radius 1 is 1.60 bits per heavy atom. The molecule has 1 aliphatic rings. The molecule has 1 N–H and O–H groups in total. The molecule has 0 radical (unpaired) electrons. The van der Waals surface area contributed by atoms with Crippen molar-refractivity contribution in [1.82, 2.24) is 4.98 Å². The van der Waals surface area contributed by atoms with E-state index in [1.54, 1.807) is 0 Å². The van der Waals surface area contributed by atoms with E-state index >= 15 is 0 Å². The van der Waals surface area contributed by atoms with E-state index in [4.69, 9.17) is 9.52 Å². The van der Waals surface area contributed by atoms with Gasteiger partial charge in [-0.2, -0.15) is 4.98 Å². The summed E-state index contributed by atoms with van der Waals surface area (Å²) in [5, 5.41) is 8.70. The van der Waals surface area contributed by atoms with Crippen molar-refractivity contribution in [3.05, 3.63) is 12.0 Å². The fourth-order valence-corrected chi connectivity index (χ4v) is 1.97. The molecule has 82 valence electrons. The van der Waals surface area contributed by atoms with E-state index < -0.39 is 5.97 Å².